The highest BCUT2D eigenvalue weighted by Crippen LogP contribution is 1.99. The average molecular weight is 127 g/mol. The largest absolute Gasteiger partial charge is 0.297 e. The predicted octanol–water partition coefficient (Wildman–Crippen LogP) is 2.51. The Morgan fingerprint density at radius 1 is 1.44 bits per heavy atom. The highest BCUT2D eigenvalue weighted by molar-refractivity contribution is 5.56. The Kier molecular flexibility index (Phi) is 5.59. The maximum atomic E-state index is 4.24. The van der Waals surface area contributed by atoms with Crippen LogP contribution in [0.1, 0.15) is 33.6 Å². The van der Waals surface area contributed by atoms with Crippen LogP contribution in [0.15, 0.2) is 4.99 Å². The molecule has 0 radical (unpaired) electrons. The van der Waals surface area contributed by atoms with Crippen molar-refractivity contribution in [1.82, 2.24) is 0 Å². The Balaban J connectivity index is 3.15. The van der Waals surface area contributed by atoms with Gasteiger partial charge in [0, 0.05) is 6.54 Å². The van der Waals surface area contributed by atoms with Crippen molar-refractivity contribution in [3.05, 3.63) is 0 Å². The van der Waals surface area contributed by atoms with E-state index in [0.717, 1.165) is 18.9 Å². The highest BCUT2D eigenvalue weighted by atomic mass is 14.7. The van der Waals surface area contributed by atoms with E-state index in [1.54, 1.807) is 0 Å². The van der Waals surface area contributed by atoms with Crippen molar-refractivity contribution < 1.29 is 0 Å². The fourth-order valence-electron chi connectivity index (χ4n) is 0.513. The predicted molar refractivity (Wildman–Crippen MR) is 43.1 cm³/mol. The summed E-state index contributed by atoms with van der Waals surface area (Å²) < 4.78 is 0. The molecule has 0 rings (SSSR count). The van der Waals surface area contributed by atoms with Crippen molar-refractivity contribution in [3.8, 4) is 0 Å². The van der Waals surface area contributed by atoms with E-state index in [4.69, 9.17) is 0 Å². The van der Waals surface area contributed by atoms with Gasteiger partial charge in [0.1, 0.15) is 0 Å². The zero-order valence-electron chi connectivity index (χ0n) is 6.72. The van der Waals surface area contributed by atoms with Crippen LogP contribution in [0.3, 0.4) is 0 Å². The lowest BCUT2D eigenvalue weighted by molar-refractivity contribution is 0.577. The summed E-state index contributed by atoms with van der Waals surface area (Å²) in [6.45, 7) is 7.55. The molecule has 0 fully saturated rings. The monoisotopic (exact) mass is 127 g/mol. The molecule has 0 bridgehead atoms. The van der Waals surface area contributed by atoms with Gasteiger partial charge in [-0.15, -0.1) is 0 Å². The van der Waals surface area contributed by atoms with Crippen LogP contribution in [0.25, 0.3) is 0 Å². The number of rotatable bonds is 4. The molecule has 54 valence electrons. The first-order chi connectivity index (χ1) is 4.31. The standard InChI is InChI=1S/C8H17N/c1-4-6-9-7-8(3)5-2/h6,8H,4-5,7H2,1-3H3. The Morgan fingerprint density at radius 3 is 2.56 bits per heavy atom. The van der Waals surface area contributed by atoms with Crippen LogP contribution in [-0.2, 0) is 0 Å². The second kappa shape index (κ2) is 5.80. The number of nitrogens with zero attached hydrogens (tertiary/aromatic N) is 1. The number of hydrogen-bond acceptors (Lipinski definition) is 1. The lowest BCUT2D eigenvalue weighted by Gasteiger charge is -2.00. The van der Waals surface area contributed by atoms with Crippen LogP contribution < -0.4 is 0 Å². The van der Waals surface area contributed by atoms with E-state index in [1.165, 1.54) is 6.42 Å². The van der Waals surface area contributed by atoms with E-state index >= 15 is 0 Å². The van der Waals surface area contributed by atoms with Gasteiger partial charge in [-0.1, -0.05) is 27.2 Å². The molecule has 0 saturated carbocycles. The first-order valence-electron chi connectivity index (χ1n) is 3.79. The molecule has 0 aromatic carbocycles. The van der Waals surface area contributed by atoms with Gasteiger partial charge in [0.2, 0.25) is 0 Å². The highest BCUT2D eigenvalue weighted by Gasteiger charge is 1.92. The third kappa shape index (κ3) is 5.54. The van der Waals surface area contributed by atoms with Crippen LogP contribution in [0.5, 0.6) is 0 Å². The molecule has 1 nitrogen and oxygen atoms in total. The summed E-state index contributed by atoms with van der Waals surface area (Å²) in [7, 11) is 0. The summed E-state index contributed by atoms with van der Waals surface area (Å²) in [5.74, 6) is 0.757. The zero-order chi connectivity index (χ0) is 7.11. The normalized spacial score (nSPS) is 14.6. The van der Waals surface area contributed by atoms with Crippen LogP contribution in [0.2, 0.25) is 0 Å². The quantitative estimate of drug-likeness (QED) is 0.514. The molecular formula is C8H17N. The van der Waals surface area contributed by atoms with E-state index in [0.29, 0.717) is 0 Å². The summed E-state index contributed by atoms with van der Waals surface area (Å²) in [4.78, 5) is 4.24. The van der Waals surface area contributed by atoms with Gasteiger partial charge in [-0.05, 0) is 18.6 Å². The van der Waals surface area contributed by atoms with Gasteiger partial charge in [-0.25, -0.2) is 0 Å². The molecule has 1 heteroatoms. The zero-order valence-corrected chi connectivity index (χ0v) is 6.72. The smallest absolute Gasteiger partial charge is 0.0410 e. The van der Waals surface area contributed by atoms with Crippen molar-refractivity contribution >= 4 is 6.21 Å². The van der Waals surface area contributed by atoms with Crippen LogP contribution in [0.4, 0.5) is 0 Å². The summed E-state index contributed by atoms with van der Waals surface area (Å²) in [6, 6.07) is 0. The van der Waals surface area contributed by atoms with E-state index < -0.39 is 0 Å². The minimum atomic E-state index is 0.757. The third-order valence-electron chi connectivity index (χ3n) is 1.43. The minimum Gasteiger partial charge on any atom is -0.297 e. The summed E-state index contributed by atoms with van der Waals surface area (Å²) in [5.41, 5.74) is 0. The summed E-state index contributed by atoms with van der Waals surface area (Å²) in [6.07, 6.45) is 4.30. The fourth-order valence-corrected chi connectivity index (χ4v) is 0.513. The minimum absolute atomic E-state index is 0.757. The third-order valence-corrected chi connectivity index (χ3v) is 1.43. The first kappa shape index (κ1) is 8.67. The molecule has 0 aliphatic carbocycles. The van der Waals surface area contributed by atoms with E-state index in [2.05, 4.69) is 25.8 Å². The average Bonchev–Trinajstić information content (AvgIpc) is 1.89. The van der Waals surface area contributed by atoms with Gasteiger partial charge in [0.05, 0.1) is 0 Å². The second-order valence-corrected chi connectivity index (χ2v) is 2.47. The molecular weight excluding hydrogens is 110 g/mol. The maximum Gasteiger partial charge on any atom is 0.0410 e. The van der Waals surface area contributed by atoms with Crippen molar-refractivity contribution in [2.75, 3.05) is 6.54 Å². The van der Waals surface area contributed by atoms with Gasteiger partial charge in [0.25, 0.3) is 0 Å². The summed E-state index contributed by atoms with van der Waals surface area (Å²) >= 11 is 0. The number of aliphatic imine (C=N–C) groups is 1. The molecule has 0 aromatic heterocycles. The Morgan fingerprint density at radius 2 is 2.11 bits per heavy atom. The lowest BCUT2D eigenvalue weighted by Crippen LogP contribution is -1.96. The van der Waals surface area contributed by atoms with E-state index in [-0.39, 0.29) is 0 Å². The molecule has 9 heavy (non-hydrogen) atoms. The van der Waals surface area contributed by atoms with Crippen LogP contribution in [0, 0.1) is 5.92 Å². The molecule has 0 amide bonds. The van der Waals surface area contributed by atoms with Crippen molar-refractivity contribution in [1.29, 1.82) is 0 Å². The van der Waals surface area contributed by atoms with Gasteiger partial charge in [-0.2, -0.15) is 0 Å². The molecule has 0 saturated heterocycles. The Labute approximate surface area is 58.2 Å². The van der Waals surface area contributed by atoms with Gasteiger partial charge < -0.3 is 0 Å². The van der Waals surface area contributed by atoms with Gasteiger partial charge in [-0.3, -0.25) is 4.99 Å². The molecule has 0 aliphatic heterocycles. The SMILES string of the molecule is CCC=NCC(C)CC. The van der Waals surface area contributed by atoms with Gasteiger partial charge in [0.15, 0.2) is 0 Å². The molecule has 0 N–H and O–H groups in total. The Hall–Kier alpha value is -0.330. The molecule has 0 heterocycles. The topological polar surface area (TPSA) is 12.4 Å². The molecule has 0 spiro atoms. The van der Waals surface area contributed by atoms with Gasteiger partial charge >= 0.3 is 0 Å². The first-order valence-corrected chi connectivity index (χ1v) is 3.79. The number of hydrogen-bond donors (Lipinski definition) is 0. The fraction of sp³-hybridized carbons (Fsp3) is 0.875. The van der Waals surface area contributed by atoms with Crippen LogP contribution in [-0.4, -0.2) is 12.8 Å². The Bertz CT molecular complexity index is 76.6. The van der Waals surface area contributed by atoms with Crippen molar-refractivity contribution in [3.63, 3.8) is 0 Å². The van der Waals surface area contributed by atoms with E-state index in [9.17, 15) is 0 Å². The molecule has 1 atom stereocenters. The summed E-state index contributed by atoms with van der Waals surface area (Å²) in [5, 5.41) is 0. The lowest BCUT2D eigenvalue weighted by atomic mass is 10.1. The van der Waals surface area contributed by atoms with Crippen LogP contribution >= 0.6 is 0 Å². The van der Waals surface area contributed by atoms with Crippen molar-refractivity contribution in [2.45, 2.75) is 33.6 Å². The molecule has 0 aliphatic rings. The second-order valence-electron chi connectivity index (χ2n) is 2.47. The van der Waals surface area contributed by atoms with E-state index in [1.807, 2.05) is 6.21 Å². The molecule has 1 unspecified atom stereocenters. The van der Waals surface area contributed by atoms with Crippen molar-refractivity contribution in [2.24, 2.45) is 10.9 Å². The molecule has 0 aromatic rings. The maximum absolute atomic E-state index is 4.24.